The number of nitrogens with two attached hydrogens (primary N) is 1. The van der Waals surface area contributed by atoms with E-state index >= 15 is 0 Å². The van der Waals surface area contributed by atoms with Gasteiger partial charge in [0.2, 0.25) is 0 Å². The van der Waals surface area contributed by atoms with Gasteiger partial charge >= 0.3 is 0 Å². The molecule has 0 amide bonds. The van der Waals surface area contributed by atoms with Crippen molar-refractivity contribution in [1.29, 1.82) is 0 Å². The van der Waals surface area contributed by atoms with Gasteiger partial charge in [-0.25, -0.2) is 0 Å². The van der Waals surface area contributed by atoms with E-state index in [1.54, 1.807) is 0 Å². The summed E-state index contributed by atoms with van der Waals surface area (Å²) in [5.41, 5.74) is 3.75. The molecule has 9 heavy (non-hydrogen) atoms. The van der Waals surface area contributed by atoms with Crippen molar-refractivity contribution in [2.75, 3.05) is 0 Å². The zero-order valence-electron chi connectivity index (χ0n) is 5.71. The summed E-state index contributed by atoms with van der Waals surface area (Å²) in [4.78, 5) is 0. The number of hydrogen-bond donors (Lipinski definition) is 1. The fraction of sp³-hybridized carbons (Fsp3) is 1.00. The second-order valence-corrected chi connectivity index (χ2v) is 2.44. The molecule has 2 N–H and O–H groups in total. The van der Waals surface area contributed by atoms with E-state index in [0.29, 0.717) is 6.04 Å². The van der Waals surface area contributed by atoms with Crippen molar-refractivity contribution in [2.45, 2.75) is 38.1 Å². The summed E-state index contributed by atoms with van der Waals surface area (Å²) < 4.78 is 0. The molecule has 1 aliphatic carbocycles. The zero-order valence-corrected chi connectivity index (χ0v) is 8.55. The third-order valence-corrected chi connectivity index (χ3v) is 1.79. The maximum atomic E-state index is 5.13. The molecule has 1 aliphatic rings. The van der Waals surface area contributed by atoms with E-state index in [1.807, 2.05) is 0 Å². The summed E-state index contributed by atoms with van der Waals surface area (Å²) >= 11 is 0. The van der Waals surface area contributed by atoms with E-state index in [4.69, 9.17) is 5.84 Å². The van der Waals surface area contributed by atoms with Crippen molar-refractivity contribution in [3.63, 3.8) is 0 Å². The van der Waals surface area contributed by atoms with Gasteiger partial charge in [0, 0.05) is 32.7 Å². The minimum Gasteiger partial charge on any atom is -0.597 e. The van der Waals surface area contributed by atoms with Gasteiger partial charge in [-0.15, -0.1) is 6.04 Å². The van der Waals surface area contributed by atoms with Crippen LogP contribution in [0.4, 0.5) is 0 Å². The number of nitrogens with zero attached hydrogens (tertiary/aromatic N) is 1. The van der Waals surface area contributed by atoms with Crippen LogP contribution in [0.5, 0.6) is 0 Å². The van der Waals surface area contributed by atoms with Crippen LogP contribution in [-0.2, 0) is 32.7 Å². The van der Waals surface area contributed by atoms with Gasteiger partial charge in [0.15, 0.2) is 0 Å². The van der Waals surface area contributed by atoms with Crippen molar-refractivity contribution >= 4 is 0 Å². The third-order valence-electron chi connectivity index (χ3n) is 1.79. The van der Waals surface area contributed by atoms with Gasteiger partial charge < -0.3 is 11.3 Å². The quantitative estimate of drug-likeness (QED) is 0.508. The monoisotopic (exact) mass is 202 g/mol. The van der Waals surface area contributed by atoms with Gasteiger partial charge in [0.25, 0.3) is 0 Å². The first-order valence-electron chi connectivity index (χ1n) is 3.33. The van der Waals surface area contributed by atoms with Gasteiger partial charge in [0.1, 0.15) is 0 Å². The molecule has 0 aromatic carbocycles. The maximum absolute atomic E-state index is 5.13. The molecule has 0 bridgehead atoms. The normalized spacial score (nSPS) is 21.0. The van der Waals surface area contributed by atoms with E-state index < -0.39 is 0 Å². The molecule has 0 aliphatic heterocycles. The Morgan fingerprint density at radius 2 is 1.67 bits per heavy atom. The Hall–Kier alpha value is 1.02. The molecular weight excluding hydrogens is 189 g/mol. The van der Waals surface area contributed by atoms with E-state index in [-0.39, 0.29) is 32.7 Å². The Labute approximate surface area is 81.8 Å². The molecule has 0 heterocycles. The minimum atomic E-state index is 0. The molecule has 2 nitrogen and oxygen atoms in total. The fourth-order valence-corrected chi connectivity index (χ4v) is 1.23. The van der Waals surface area contributed by atoms with Crippen LogP contribution in [0.1, 0.15) is 32.1 Å². The average Bonchev–Trinajstić information content (AvgIpc) is 1.90. The minimum absolute atomic E-state index is 0. The van der Waals surface area contributed by atoms with Crippen molar-refractivity contribution in [1.82, 2.24) is 0 Å². The van der Waals surface area contributed by atoms with Crippen LogP contribution in [0.3, 0.4) is 0 Å². The van der Waals surface area contributed by atoms with E-state index in [0.717, 1.165) is 0 Å². The van der Waals surface area contributed by atoms with E-state index in [1.165, 1.54) is 32.1 Å². The SMILES string of the molecule is N[N-]C1CCCCC1.[Y]. The Bertz CT molecular complexity index is 62.1. The Morgan fingerprint density at radius 3 is 2.00 bits per heavy atom. The second kappa shape index (κ2) is 5.78. The molecule has 0 unspecified atom stereocenters. The molecule has 0 aromatic heterocycles. The van der Waals surface area contributed by atoms with E-state index in [2.05, 4.69) is 5.43 Å². The summed E-state index contributed by atoms with van der Waals surface area (Å²) in [5.74, 6) is 5.13. The summed E-state index contributed by atoms with van der Waals surface area (Å²) in [6.45, 7) is 0. The summed E-state index contributed by atoms with van der Waals surface area (Å²) in [6, 6.07) is 0.490. The molecular formula is C6H13N2Y-. The van der Waals surface area contributed by atoms with Crippen LogP contribution in [0.25, 0.3) is 5.43 Å². The molecule has 0 spiro atoms. The summed E-state index contributed by atoms with van der Waals surface area (Å²) in [6.07, 6.45) is 6.47. The molecule has 1 radical (unpaired) electrons. The standard InChI is InChI=1S/C6H13N2.Y/c7-8-6-4-2-1-3-5-6;/h6H,1-5,7H2;/q-1;. The Balaban J connectivity index is 0.000000640. The van der Waals surface area contributed by atoms with Crippen molar-refractivity contribution in [2.24, 2.45) is 5.84 Å². The van der Waals surface area contributed by atoms with Crippen LogP contribution in [0.15, 0.2) is 0 Å². The van der Waals surface area contributed by atoms with Crippen molar-refractivity contribution < 1.29 is 32.7 Å². The summed E-state index contributed by atoms with van der Waals surface area (Å²) in [5, 5.41) is 0. The maximum Gasteiger partial charge on any atom is 0 e. The molecule has 1 rings (SSSR count). The fourth-order valence-electron chi connectivity index (χ4n) is 1.23. The third kappa shape index (κ3) is 3.66. The summed E-state index contributed by atoms with van der Waals surface area (Å²) in [7, 11) is 0. The number of hydrogen-bond acceptors (Lipinski definition) is 1. The predicted molar refractivity (Wildman–Crippen MR) is 34.4 cm³/mol. The van der Waals surface area contributed by atoms with E-state index in [9.17, 15) is 0 Å². The van der Waals surface area contributed by atoms with Crippen molar-refractivity contribution in [3.8, 4) is 0 Å². The zero-order chi connectivity index (χ0) is 5.82. The first-order valence-corrected chi connectivity index (χ1v) is 3.33. The first-order chi connectivity index (χ1) is 3.93. The molecule has 0 aromatic rings. The van der Waals surface area contributed by atoms with Gasteiger partial charge in [-0.1, -0.05) is 32.1 Å². The van der Waals surface area contributed by atoms with Crippen LogP contribution in [0, 0.1) is 0 Å². The first kappa shape index (κ1) is 10.0. The predicted octanol–water partition coefficient (Wildman–Crippen LogP) is 1.56. The molecule has 1 fully saturated rings. The number of rotatable bonds is 1. The molecule has 0 saturated heterocycles. The molecule has 51 valence electrons. The van der Waals surface area contributed by atoms with Crippen LogP contribution in [0.2, 0.25) is 0 Å². The Kier molecular flexibility index (Phi) is 6.44. The van der Waals surface area contributed by atoms with Crippen LogP contribution >= 0.6 is 0 Å². The molecule has 1 saturated carbocycles. The molecule has 3 heteroatoms. The second-order valence-electron chi connectivity index (χ2n) is 2.44. The van der Waals surface area contributed by atoms with Crippen LogP contribution < -0.4 is 5.84 Å². The van der Waals surface area contributed by atoms with Gasteiger partial charge in [-0.05, 0) is 0 Å². The largest absolute Gasteiger partial charge is 0.597 e. The van der Waals surface area contributed by atoms with Crippen molar-refractivity contribution in [3.05, 3.63) is 5.43 Å². The van der Waals surface area contributed by atoms with Gasteiger partial charge in [-0.2, -0.15) is 0 Å². The van der Waals surface area contributed by atoms with Crippen LogP contribution in [-0.4, -0.2) is 6.04 Å². The van der Waals surface area contributed by atoms with Gasteiger partial charge in [0.05, 0.1) is 0 Å². The Morgan fingerprint density at radius 1 is 1.11 bits per heavy atom. The topological polar surface area (TPSA) is 40.1 Å². The molecule has 0 atom stereocenters. The average molecular weight is 202 g/mol. The van der Waals surface area contributed by atoms with Gasteiger partial charge in [-0.3, -0.25) is 0 Å². The smallest absolute Gasteiger partial charge is 0 e.